The van der Waals surface area contributed by atoms with Crippen molar-refractivity contribution >= 4 is 17.7 Å². The Bertz CT molecular complexity index is 616. The first-order valence-corrected chi connectivity index (χ1v) is 8.89. The Kier molecular flexibility index (Phi) is 7.01. The minimum atomic E-state index is -0.0784. The Labute approximate surface area is 142 Å². The van der Waals surface area contributed by atoms with Crippen LogP contribution in [-0.2, 0) is 17.1 Å². The van der Waals surface area contributed by atoms with E-state index in [9.17, 15) is 4.79 Å². The molecule has 0 radical (unpaired) electrons. The van der Waals surface area contributed by atoms with Crippen molar-refractivity contribution in [2.75, 3.05) is 6.61 Å². The van der Waals surface area contributed by atoms with Crippen LogP contribution in [0.2, 0.25) is 0 Å². The molecule has 2 aromatic rings. The van der Waals surface area contributed by atoms with Gasteiger partial charge in [-0.2, -0.15) is 0 Å². The number of rotatable bonds is 8. The van der Waals surface area contributed by atoms with E-state index in [4.69, 9.17) is 4.74 Å². The summed E-state index contributed by atoms with van der Waals surface area (Å²) in [6.07, 6.45) is 0. The maximum atomic E-state index is 12.2. The van der Waals surface area contributed by atoms with E-state index in [2.05, 4.69) is 17.4 Å². The highest BCUT2D eigenvalue weighted by Crippen LogP contribution is 2.18. The lowest BCUT2D eigenvalue weighted by atomic mass is 10.2. The van der Waals surface area contributed by atoms with E-state index in [1.54, 1.807) is 11.8 Å². The zero-order chi connectivity index (χ0) is 16.5. The predicted molar refractivity (Wildman–Crippen MR) is 96.7 cm³/mol. The minimum Gasteiger partial charge on any atom is -0.494 e. The van der Waals surface area contributed by atoms with Crippen molar-refractivity contribution in [2.45, 2.75) is 31.4 Å². The third kappa shape index (κ3) is 5.99. The number of thioether (sulfide) groups is 1. The van der Waals surface area contributed by atoms with Gasteiger partial charge < -0.3 is 10.1 Å². The zero-order valence-electron chi connectivity index (χ0n) is 13.6. The highest BCUT2D eigenvalue weighted by molar-refractivity contribution is 7.99. The summed E-state index contributed by atoms with van der Waals surface area (Å²) >= 11 is 1.65. The van der Waals surface area contributed by atoms with Gasteiger partial charge in [0.05, 0.1) is 11.9 Å². The fraction of sp³-hybridized carbons (Fsp3) is 0.316. The summed E-state index contributed by atoms with van der Waals surface area (Å²) in [7, 11) is 0. The molecule has 1 atom stereocenters. The molecule has 0 aliphatic heterocycles. The van der Waals surface area contributed by atoms with E-state index in [0.717, 1.165) is 17.1 Å². The Morgan fingerprint density at radius 1 is 1.13 bits per heavy atom. The molecule has 0 saturated heterocycles. The highest BCUT2D eigenvalue weighted by Gasteiger charge is 2.13. The van der Waals surface area contributed by atoms with Crippen molar-refractivity contribution in [3.63, 3.8) is 0 Å². The maximum Gasteiger partial charge on any atom is 0.233 e. The molecule has 2 rings (SSSR count). The second-order valence-corrected chi connectivity index (χ2v) is 6.57. The number of hydrogen-bond donors (Lipinski definition) is 1. The first-order valence-electron chi connectivity index (χ1n) is 7.84. The van der Waals surface area contributed by atoms with Crippen molar-refractivity contribution in [3.8, 4) is 5.75 Å². The Balaban J connectivity index is 1.78. The first kappa shape index (κ1) is 17.4. The standard InChI is InChI=1S/C19H23NO2S/c1-3-22-18-11-7-10-17(12-18)13-20-19(21)15(2)23-14-16-8-5-4-6-9-16/h4-12,15H,3,13-14H2,1-2H3,(H,20,21). The molecule has 122 valence electrons. The van der Waals surface area contributed by atoms with Crippen LogP contribution in [0, 0.1) is 0 Å². The summed E-state index contributed by atoms with van der Waals surface area (Å²) in [5.74, 6) is 1.74. The number of hydrogen-bond acceptors (Lipinski definition) is 3. The summed E-state index contributed by atoms with van der Waals surface area (Å²) in [5.41, 5.74) is 2.28. The van der Waals surface area contributed by atoms with Gasteiger partial charge in [-0.1, -0.05) is 42.5 Å². The number of ether oxygens (including phenoxy) is 1. The van der Waals surface area contributed by atoms with Crippen LogP contribution in [0.5, 0.6) is 5.75 Å². The van der Waals surface area contributed by atoms with E-state index < -0.39 is 0 Å². The average molecular weight is 329 g/mol. The SMILES string of the molecule is CCOc1cccc(CNC(=O)C(C)SCc2ccccc2)c1. The summed E-state index contributed by atoms with van der Waals surface area (Å²) in [6.45, 7) is 5.07. The second kappa shape index (κ2) is 9.26. The number of carbonyl (C=O) groups excluding carboxylic acids is 1. The number of amides is 1. The minimum absolute atomic E-state index is 0.0627. The molecule has 1 unspecified atom stereocenters. The van der Waals surface area contributed by atoms with Gasteiger partial charge in [-0.15, -0.1) is 11.8 Å². The molecule has 0 spiro atoms. The Morgan fingerprint density at radius 2 is 1.87 bits per heavy atom. The molecule has 1 amide bonds. The molecular formula is C19H23NO2S. The van der Waals surface area contributed by atoms with Crippen molar-refractivity contribution in [2.24, 2.45) is 0 Å². The molecule has 0 aromatic heterocycles. The molecule has 0 heterocycles. The van der Waals surface area contributed by atoms with Crippen LogP contribution in [0.1, 0.15) is 25.0 Å². The number of benzene rings is 2. The van der Waals surface area contributed by atoms with Gasteiger partial charge in [0, 0.05) is 12.3 Å². The van der Waals surface area contributed by atoms with E-state index in [-0.39, 0.29) is 11.2 Å². The highest BCUT2D eigenvalue weighted by atomic mass is 32.2. The van der Waals surface area contributed by atoms with Crippen LogP contribution in [0.25, 0.3) is 0 Å². The van der Waals surface area contributed by atoms with Crippen LogP contribution in [0.15, 0.2) is 54.6 Å². The lowest BCUT2D eigenvalue weighted by Gasteiger charge is -2.12. The molecule has 0 saturated carbocycles. The number of carbonyl (C=O) groups is 1. The molecular weight excluding hydrogens is 306 g/mol. The zero-order valence-corrected chi connectivity index (χ0v) is 14.4. The molecule has 2 aromatic carbocycles. The van der Waals surface area contributed by atoms with Crippen LogP contribution in [0.4, 0.5) is 0 Å². The fourth-order valence-corrected chi connectivity index (χ4v) is 2.99. The Morgan fingerprint density at radius 3 is 2.61 bits per heavy atom. The normalized spacial score (nSPS) is 11.7. The van der Waals surface area contributed by atoms with Gasteiger partial charge in [0.2, 0.25) is 5.91 Å². The lowest BCUT2D eigenvalue weighted by molar-refractivity contribution is -0.120. The fourth-order valence-electron chi connectivity index (χ4n) is 2.12. The third-order valence-corrected chi connectivity index (χ3v) is 4.60. The quantitative estimate of drug-likeness (QED) is 0.795. The largest absolute Gasteiger partial charge is 0.494 e. The third-order valence-electron chi connectivity index (χ3n) is 3.39. The average Bonchev–Trinajstić information content (AvgIpc) is 2.59. The topological polar surface area (TPSA) is 38.3 Å². The van der Waals surface area contributed by atoms with E-state index in [1.807, 2.05) is 56.3 Å². The van der Waals surface area contributed by atoms with Crippen molar-refractivity contribution in [1.82, 2.24) is 5.32 Å². The van der Waals surface area contributed by atoms with E-state index >= 15 is 0 Å². The van der Waals surface area contributed by atoms with Gasteiger partial charge in [-0.25, -0.2) is 0 Å². The van der Waals surface area contributed by atoms with Gasteiger partial charge in [-0.3, -0.25) is 4.79 Å². The van der Waals surface area contributed by atoms with Gasteiger partial charge in [0.15, 0.2) is 0 Å². The number of nitrogens with one attached hydrogen (secondary N) is 1. The van der Waals surface area contributed by atoms with Gasteiger partial charge in [-0.05, 0) is 37.1 Å². The van der Waals surface area contributed by atoms with Crippen molar-refractivity contribution < 1.29 is 9.53 Å². The molecule has 0 aliphatic carbocycles. The van der Waals surface area contributed by atoms with Crippen LogP contribution in [-0.4, -0.2) is 17.8 Å². The summed E-state index contributed by atoms with van der Waals surface area (Å²) < 4.78 is 5.47. The van der Waals surface area contributed by atoms with E-state index in [1.165, 1.54) is 5.56 Å². The maximum absolute atomic E-state index is 12.2. The predicted octanol–water partition coefficient (Wildman–Crippen LogP) is 4.02. The van der Waals surface area contributed by atoms with Crippen molar-refractivity contribution in [3.05, 3.63) is 65.7 Å². The monoisotopic (exact) mass is 329 g/mol. The summed E-state index contributed by atoms with van der Waals surface area (Å²) in [4.78, 5) is 12.2. The van der Waals surface area contributed by atoms with E-state index in [0.29, 0.717) is 13.2 Å². The van der Waals surface area contributed by atoms with Crippen molar-refractivity contribution in [1.29, 1.82) is 0 Å². The summed E-state index contributed by atoms with van der Waals surface area (Å²) in [5, 5.41) is 2.91. The second-order valence-electron chi connectivity index (χ2n) is 5.24. The molecule has 3 nitrogen and oxygen atoms in total. The molecule has 0 fully saturated rings. The van der Waals surface area contributed by atoms with Gasteiger partial charge in [0.25, 0.3) is 0 Å². The van der Waals surface area contributed by atoms with Gasteiger partial charge in [0.1, 0.15) is 5.75 Å². The van der Waals surface area contributed by atoms with Crippen LogP contribution in [0.3, 0.4) is 0 Å². The summed E-state index contributed by atoms with van der Waals surface area (Å²) in [6, 6.07) is 18.0. The molecule has 23 heavy (non-hydrogen) atoms. The van der Waals surface area contributed by atoms with Gasteiger partial charge >= 0.3 is 0 Å². The Hall–Kier alpha value is -1.94. The smallest absolute Gasteiger partial charge is 0.233 e. The first-order chi connectivity index (χ1) is 11.2. The molecule has 4 heteroatoms. The molecule has 0 bridgehead atoms. The molecule has 1 N–H and O–H groups in total. The van der Waals surface area contributed by atoms with Crippen LogP contribution < -0.4 is 10.1 Å². The molecule has 0 aliphatic rings. The lowest BCUT2D eigenvalue weighted by Crippen LogP contribution is -2.30. The van der Waals surface area contributed by atoms with Crippen LogP contribution >= 0.6 is 11.8 Å².